The maximum Gasteiger partial charge on any atom is 0.341 e. The van der Waals surface area contributed by atoms with E-state index in [1.165, 1.54) is 36.2 Å². The Balaban J connectivity index is 2.48. The minimum absolute atomic E-state index is 0.357. The third-order valence-electron chi connectivity index (χ3n) is 3.47. The van der Waals surface area contributed by atoms with E-state index in [9.17, 15) is 4.79 Å². The molecule has 0 atom stereocenters. The third-order valence-corrected chi connectivity index (χ3v) is 4.55. The molecule has 0 amide bonds. The zero-order valence-corrected chi connectivity index (χ0v) is 13.3. The molecule has 4 heteroatoms. The molecular weight excluding hydrogens is 282 g/mol. The number of methoxy groups -OCH3 is 1. The molecule has 3 nitrogen and oxygen atoms in total. The number of nitrogen functional groups attached to an aromatic ring is 1. The van der Waals surface area contributed by atoms with E-state index >= 15 is 0 Å². The molecule has 0 saturated carbocycles. The van der Waals surface area contributed by atoms with Crippen LogP contribution in [0.15, 0.2) is 30.3 Å². The molecule has 112 valence electrons. The second-order valence-corrected chi connectivity index (χ2v) is 6.09. The van der Waals surface area contributed by atoms with Crippen molar-refractivity contribution in [3.63, 3.8) is 0 Å². The molecule has 0 aliphatic rings. The molecule has 0 radical (unpaired) electrons. The normalized spacial score (nSPS) is 10.6. The van der Waals surface area contributed by atoms with Crippen LogP contribution in [0.1, 0.15) is 41.4 Å². The van der Waals surface area contributed by atoms with Crippen molar-refractivity contribution in [3.8, 4) is 11.1 Å². The number of nitrogens with two attached hydrogens (primary N) is 1. The first-order chi connectivity index (χ1) is 10.2. The summed E-state index contributed by atoms with van der Waals surface area (Å²) in [5.74, 6) is -0.357. The Morgan fingerprint density at radius 1 is 1.24 bits per heavy atom. The summed E-state index contributed by atoms with van der Waals surface area (Å²) in [6.45, 7) is 2.18. The van der Waals surface area contributed by atoms with Gasteiger partial charge in [0.15, 0.2) is 0 Å². The maximum absolute atomic E-state index is 12.1. The number of unbranched alkanes of at least 4 members (excludes halogenated alkanes) is 2. The fraction of sp³-hybridized carbons (Fsp3) is 0.353. The summed E-state index contributed by atoms with van der Waals surface area (Å²) in [6.07, 6.45) is 4.41. The van der Waals surface area contributed by atoms with Crippen LogP contribution in [0.2, 0.25) is 0 Å². The molecule has 0 aliphatic carbocycles. The fourth-order valence-corrected chi connectivity index (χ4v) is 3.55. The standard InChI is InChI=1S/C17H21NO2S/c1-3-4-6-11-13-14(12-9-7-5-8-10-12)15(16(18)21-13)17(19)20-2/h5,7-10H,3-4,6,11,18H2,1-2H3. The molecule has 21 heavy (non-hydrogen) atoms. The minimum Gasteiger partial charge on any atom is -0.465 e. The molecule has 0 spiro atoms. The Hall–Kier alpha value is -1.81. The lowest BCUT2D eigenvalue weighted by Crippen LogP contribution is -2.05. The zero-order valence-electron chi connectivity index (χ0n) is 12.5. The van der Waals surface area contributed by atoms with Crippen LogP contribution < -0.4 is 5.73 Å². The van der Waals surface area contributed by atoms with Crippen LogP contribution in [0, 0.1) is 0 Å². The van der Waals surface area contributed by atoms with Crippen molar-refractivity contribution in [3.05, 3.63) is 40.8 Å². The predicted octanol–water partition coefficient (Wildman–Crippen LogP) is 4.52. The molecule has 0 fully saturated rings. The first-order valence-electron chi connectivity index (χ1n) is 7.23. The predicted molar refractivity (Wildman–Crippen MR) is 88.7 cm³/mol. The van der Waals surface area contributed by atoms with E-state index in [4.69, 9.17) is 10.5 Å². The highest BCUT2D eigenvalue weighted by atomic mass is 32.1. The summed E-state index contributed by atoms with van der Waals surface area (Å²) in [5, 5.41) is 0.548. The molecule has 1 aromatic heterocycles. The Bertz CT molecular complexity index is 605. The largest absolute Gasteiger partial charge is 0.465 e. The molecule has 2 N–H and O–H groups in total. The average Bonchev–Trinajstić information content (AvgIpc) is 2.84. The van der Waals surface area contributed by atoms with Gasteiger partial charge in [-0.15, -0.1) is 11.3 Å². The van der Waals surface area contributed by atoms with Crippen LogP contribution in [0.25, 0.3) is 11.1 Å². The fourth-order valence-electron chi connectivity index (χ4n) is 2.42. The number of ether oxygens (including phenoxy) is 1. The van der Waals surface area contributed by atoms with Gasteiger partial charge in [-0.1, -0.05) is 50.1 Å². The number of thiophene rings is 1. The SMILES string of the molecule is CCCCCc1sc(N)c(C(=O)OC)c1-c1ccccc1. The van der Waals surface area contributed by atoms with E-state index in [-0.39, 0.29) is 5.97 Å². The second-order valence-electron chi connectivity index (χ2n) is 4.95. The van der Waals surface area contributed by atoms with Gasteiger partial charge >= 0.3 is 5.97 Å². The number of esters is 1. The van der Waals surface area contributed by atoms with Gasteiger partial charge in [0.25, 0.3) is 0 Å². The quantitative estimate of drug-likeness (QED) is 0.630. The van der Waals surface area contributed by atoms with Gasteiger partial charge in [-0.25, -0.2) is 4.79 Å². The van der Waals surface area contributed by atoms with E-state index in [2.05, 4.69) is 6.92 Å². The third kappa shape index (κ3) is 3.45. The number of aryl methyl sites for hydroxylation is 1. The Kier molecular flexibility index (Phi) is 5.39. The Morgan fingerprint density at radius 2 is 1.95 bits per heavy atom. The average molecular weight is 303 g/mol. The van der Waals surface area contributed by atoms with Crippen molar-refractivity contribution in [1.29, 1.82) is 0 Å². The summed E-state index contributed by atoms with van der Waals surface area (Å²) in [4.78, 5) is 13.2. The van der Waals surface area contributed by atoms with Gasteiger partial charge in [0.2, 0.25) is 0 Å². The van der Waals surface area contributed by atoms with Crippen LogP contribution in [0.4, 0.5) is 5.00 Å². The number of hydrogen-bond donors (Lipinski definition) is 1. The summed E-state index contributed by atoms with van der Waals surface area (Å²) in [7, 11) is 1.39. The molecule has 2 aromatic rings. The van der Waals surface area contributed by atoms with E-state index in [0.29, 0.717) is 10.6 Å². The lowest BCUT2D eigenvalue weighted by molar-refractivity contribution is 0.0603. The van der Waals surface area contributed by atoms with Gasteiger partial charge in [-0.3, -0.25) is 0 Å². The number of carbonyl (C=O) groups excluding carboxylic acids is 1. The minimum atomic E-state index is -0.357. The lowest BCUT2D eigenvalue weighted by atomic mass is 9.99. The lowest BCUT2D eigenvalue weighted by Gasteiger charge is -2.07. The van der Waals surface area contributed by atoms with Crippen molar-refractivity contribution in [2.24, 2.45) is 0 Å². The highest BCUT2D eigenvalue weighted by molar-refractivity contribution is 7.17. The summed E-state index contributed by atoms with van der Waals surface area (Å²) >= 11 is 1.51. The number of hydrogen-bond acceptors (Lipinski definition) is 4. The van der Waals surface area contributed by atoms with E-state index in [1.807, 2.05) is 30.3 Å². The van der Waals surface area contributed by atoms with Crippen LogP contribution in [-0.4, -0.2) is 13.1 Å². The molecule has 0 aliphatic heterocycles. The highest BCUT2D eigenvalue weighted by Crippen LogP contribution is 2.39. The Morgan fingerprint density at radius 3 is 2.57 bits per heavy atom. The van der Waals surface area contributed by atoms with Gasteiger partial charge in [-0.05, 0) is 18.4 Å². The smallest absolute Gasteiger partial charge is 0.341 e. The van der Waals surface area contributed by atoms with Crippen molar-refractivity contribution >= 4 is 22.3 Å². The molecule has 1 aromatic carbocycles. The van der Waals surface area contributed by atoms with E-state index in [0.717, 1.165) is 24.0 Å². The number of anilines is 1. The summed E-state index contributed by atoms with van der Waals surface area (Å²) < 4.78 is 4.91. The molecule has 1 heterocycles. The zero-order chi connectivity index (χ0) is 15.2. The van der Waals surface area contributed by atoms with E-state index < -0.39 is 0 Å². The van der Waals surface area contributed by atoms with Gasteiger partial charge in [0.05, 0.1) is 7.11 Å². The van der Waals surface area contributed by atoms with Gasteiger partial charge in [0, 0.05) is 10.4 Å². The molecule has 0 unspecified atom stereocenters. The monoisotopic (exact) mass is 303 g/mol. The van der Waals surface area contributed by atoms with Gasteiger partial charge in [-0.2, -0.15) is 0 Å². The topological polar surface area (TPSA) is 52.3 Å². The summed E-state index contributed by atoms with van der Waals surface area (Å²) in [5.41, 5.74) is 8.56. The van der Waals surface area contributed by atoms with Crippen LogP contribution >= 0.6 is 11.3 Å². The molecule has 0 bridgehead atoms. The molecule has 2 rings (SSSR count). The molecular formula is C17H21NO2S. The number of benzene rings is 1. The van der Waals surface area contributed by atoms with Gasteiger partial charge < -0.3 is 10.5 Å². The second kappa shape index (κ2) is 7.27. The van der Waals surface area contributed by atoms with Crippen molar-refractivity contribution in [2.75, 3.05) is 12.8 Å². The van der Waals surface area contributed by atoms with Crippen LogP contribution in [0.3, 0.4) is 0 Å². The maximum atomic E-state index is 12.1. The summed E-state index contributed by atoms with van der Waals surface area (Å²) in [6, 6.07) is 9.93. The Labute approximate surface area is 129 Å². The van der Waals surface area contributed by atoms with E-state index in [1.54, 1.807) is 0 Å². The first kappa shape index (κ1) is 15.6. The highest BCUT2D eigenvalue weighted by Gasteiger charge is 2.23. The number of rotatable bonds is 6. The van der Waals surface area contributed by atoms with Crippen molar-refractivity contribution < 1.29 is 9.53 Å². The van der Waals surface area contributed by atoms with Crippen molar-refractivity contribution in [2.45, 2.75) is 32.6 Å². The van der Waals surface area contributed by atoms with Crippen LogP contribution in [-0.2, 0) is 11.2 Å². The van der Waals surface area contributed by atoms with Crippen molar-refractivity contribution in [1.82, 2.24) is 0 Å². The molecule has 0 saturated heterocycles. The van der Waals surface area contributed by atoms with Gasteiger partial charge in [0.1, 0.15) is 10.6 Å². The number of carbonyl (C=O) groups is 1. The first-order valence-corrected chi connectivity index (χ1v) is 8.05. The van der Waals surface area contributed by atoms with Crippen LogP contribution in [0.5, 0.6) is 0 Å².